The summed E-state index contributed by atoms with van der Waals surface area (Å²) in [6, 6.07) is 7.73. The SMILES string of the molecule is CCNc1nc2cc(-c3ccc(C=C4SC(=O)NC4=O)cn3)cc(OC(C)C)c2s1. The quantitative estimate of drug-likeness (QED) is 0.527. The molecule has 0 radical (unpaired) electrons. The molecule has 0 spiro atoms. The molecule has 4 rings (SSSR count). The lowest BCUT2D eigenvalue weighted by molar-refractivity contribution is -0.115. The number of carbonyl (C=O) groups excluding carboxylic acids is 2. The third-order valence-electron chi connectivity index (χ3n) is 4.17. The van der Waals surface area contributed by atoms with Gasteiger partial charge in [-0.15, -0.1) is 0 Å². The molecule has 9 heteroatoms. The lowest BCUT2D eigenvalue weighted by Crippen LogP contribution is -2.17. The first-order chi connectivity index (χ1) is 14.4. The predicted octanol–water partition coefficient (Wildman–Crippen LogP) is 4.90. The third kappa shape index (κ3) is 4.31. The third-order valence-corrected chi connectivity index (χ3v) is 6.02. The van der Waals surface area contributed by atoms with Gasteiger partial charge in [0, 0.05) is 18.3 Å². The maximum absolute atomic E-state index is 11.7. The van der Waals surface area contributed by atoms with Gasteiger partial charge in [0.05, 0.1) is 26.9 Å². The van der Waals surface area contributed by atoms with E-state index < -0.39 is 0 Å². The van der Waals surface area contributed by atoms with Crippen LogP contribution in [0.5, 0.6) is 5.75 Å². The van der Waals surface area contributed by atoms with Gasteiger partial charge in [0.1, 0.15) is 5.75 Å². The summed E-state index contributed by atoms with van der Waals surface area (Å²) in [7, 11) is 0. The van der Waals surface area contributed by atoms with Crippen LogP contribution in [0, 0.1) is 0 Å². The topological polar surface area (TPSA) is 93.2 Å². The van der Waals surface area contributed by atoms with Gasteiger partial charge in [-0.25, -0.2) is 4.98 Å². The minimum atomic E-state index is -0.380. The minimum absolute atomic E-state index is 0.0351. The fourth-order valence-corrected chi connectivity index (χ4v) is 4.60. The number of benzene rings is 1. The summed E-state index contributed by atoms with van der Waals surface area (Å²) >= 11 is 2.46. The molecule has 0 bridgehead atoms. The Morgan fingerprint density at radius 2 is 2.10 bits per heavy atom. The van der Waals surface area contributed by atoms with Crippen molar-refractivity contribution in [1.82, 2.24) is 15.3 Å². The minimum Gasteiger partial charge on any atom is -0.489 e. The predicted molar refractivity (Wildman–Crippen MR) is 122 cm³/mol. The Kier molecular flexibility index (Phi) is 5.74. The molecule has 0 atom stereocenters. The number of thioether (sulfide) groups is 1. The van der Waals surface area contributed by atoms with E-state index in [0.29, 0.717) is 4.91 Å². The summed E-state index contributed by atoms with van der Waals surface area (Å²) in [5.41, 5.74) is 3.27. The highest BCUT2D eigenvalue weighted by atomic mass is 32.2. The smallest absolute Gasteiger partial charge is 0.290 e. The van der Waals surface area contributed by atoms with Gasteiger partial charge in [0.25, 0.3) is 11.1 Å². The Bertz CT molecular complexity index is 1150. The van der Waals surface area contributed by atoms with Gasteiger partial charge < -0.3 is 10.1 Å². The highest BCUT2D eigenvalue weighted by molar-refractivity contribution is 8.18. The molecule has 0 unspecified atom stereocenters. The molecule has 3 aromatic rings. The number of nitrogens with one attached hydrogen (secondary N) is 2. The number of pyridine rings is 1. The number of anilines is 1. The van der Waals surface area contributed by atoms with Crippen molar-refractivity contribution in [2.24, 2.45) is 0 Å². The number of imide groups is 1. The van der Waals surface area contributed by atoms with Crippen molar-refractivity contribution >= 4 is 55.7 Å². The van der Waals surface area contributed by atoms with Crippen LogP contribution in [-0.2, 0) is 4.79 Å². The molecule has 7 nitrogen and oxygen atoms in total. The molecule has 1 fully saturated rings. The van der Waals surface area contributed by atoms with Gasteiger partial charge in [-0.3, -0.25) is 19.9 Å². The first-order valence-electron chi connectivity index (χ1n) is 9.49. The second-order valence-electron chi connectivity index (χ2n) is 6.87. The van der Waals surface area contributed by atoms with Gasteiger partial charge in [-0.2, -0.15) is 0 Å². The van der Waals surface area contributed by atoms with Crippen LogP contribution >= 0.6 is 23.1 Å². The van der Waals surface area contributed by atoms with Crippen molar-refractivity contribution in [3.8, 4) is 17.0 Å². The molecule has 0 saturated carbocycles. The number of amides is 2. The molecule has 2 amide bonds. The summed E-state index contributed by atoms with van der Waals surface area (Å²) < 4.78 is 7.04. The summed E-state index contributed by atoms with van der Waals surface area (Å²) in [4.78, 5) is 32.6. The van der Waals surface area contributed by atoms with Crippen molar-refractivity contribution < 1.29 is 14.3 Å². The first-order valence-corrected chi connectivity index (χ1v) is 11.1. The molecule has 3 heterocycles. The van der Waals surface area contributed by atoms with E-state index in [2.05, 4.69) is 20.6 Å². The molecule has 1 saturated heterocycles. The summed E-state index contributed by atoms with van der Waals surface area (Å²) in [6.45, 7) is 6.82. The van der Waals surface area contributed by atoms with Crippen LogP contribution in [0.15, 0.2) is 35.4 Å². The lowest BCUT2D eigenvalue weighted by atomic mass is 10.1. The fraction of sp³-hybridized carbons (Fsp3) is 0.238. The van der Waals surface area contributed by atoms with Crippen LogP contribution in [0.3, 0.4) is 0 Å². The Hall–Kier alpha value is -2.91. The molecule has 2 aromatic heterocycles. The van der Waals surface area contributed by atoms with Crippen molar-refractivity contribution in [2.75, 3.05) is 11.9 Å². The number of ether oxygens (including phenoxy) is 1. The fourth-order valence-electron chi connectivity index (χ4n) is 2.95. The van der Waals surface area contributed by atoms with Crippen LogP contribution in [-0.4, -0.2) is 33.8 Å². The van der Waals surface area contributed by atoms with Crippen LogP contribution in [0.4, 0.5) is 9.93 Å². The average molecular weight is 441 g/mol. The molecule has 154 valence electrons. The van der Waals surface area contributed by atoms with Crippen LogP contribution in [0.25, 0.3) is 27.6 Å². The maximum atomic E-state index is 11.7. The highest BCUT2D eigenvalue weighted by Gasteiger charge is 2.25. The number of fused-ring (bicyclic) bond motifs is 1. The maximum Gasteiger partial charge on any atom is 0.290 e. The van der Waals surface area contributed by atoms with Crippen LogP contribution < -0.4 is 15.4 Å². The summed E-state index contributed by atoms with van der Waals surface area (Å²) in [6.07, 6.45) is 3.37. The Morgan fingerprint density at radius 1 is 1.27 bits per heavy atom. The van der Waals surface area contributed by atoms with Crippen molar-refractivity contribution in [1.29, 1.82) is 0 Å². The van der Waals surface area contributed by atoms with Crippen molar-refractivity contribution in [3.63, 3.8) is 0 Å². The monoisotopic (exact) mass is 440 g/mol. The normalized spacial score (nSPS) is 15.3. The molecule has 1 aliphatic heterocycles. The van der Waals surface area contributed by atoms with E-state index in [9.17, 15) is 9.59 Å². The summed E-state index contributed by atoms with van der Waals surface area (Å²) in [5.74, 6) is 0.403. The first kappa shape index (κ1) is 20.4. The van der Waals surface area contributed by atoms with Gasteiger partial charge in [-0.05, 0) is 62.4 Å². The Morgan fingerprint density at radius 3 is 2.73 bits per heavy atom. The van der Waals surface area contributed by atoms with Crippen molar-refractivity contribution in [3.05, 3.63) is 40.9 Å². The highest BCUT2D eigenvalue weighted by Crippen LogP contribution is 2.38. The molecule has 0 aliphatic carbocycles. The number of nitrogens with zero attached hydrogens (tertiary/aromatic N) is 2. The molecule has 1 aliphatic rings. The number of carbonyl (C=O) groups is 2. The molecule has 30 heavy (non-hydrogen) atoms. The van der Waals surface area contributed by atoms with Crippen LogP contribution in [0.2, 0.25) is 0 Å². The zero-order chi connectivity index (χ0) is 21.3. The number of hydrogen-bond acceptors (Lipinski definition) is 8. The average Bonchev–Trinajstić information content (AvgIpc) is 3.24. The second-order valence-corrected chi connectivity index (χ2v) is 8.88. The van der Waals surface area contributed by atoms with E-state index in [1.807, 2.05) is 45.0 Å². The Labute approximate surface area is 181 Å². The van der Waals surface area contributed by atoms with E-state index in [0.717, 1.165) is 56.2 Å². The number of aromatic nitrogens is 2. The molecular weight excluding hydrogens is 420 g/mol. The largest absolute Gasteiger partial charge is 0.489 e. The van der Waals surface area contributed by atoms with E-state index in [4.69, 9.17) is 4.74 Å². The van der Waals surface area contributed by atoms with E-state index in [-0.39, 0.29) is 17.3 Å². The van der Waals surface area contributed by atoms with E-state index in [1.165, 1.54) is 0 Å². The number of hydrogen-bond donors (Lipinski definition) is 2. The second kappa shape index (κ2) is 8.45. The van der Waals surface area contributed by atoms with E-state index in [1.54, 1.807) is 23.6 Å². The molecular formula is C21H20N4O3S2. The summed E-state index contributed by atoms with van der Waals surface area (Å²) in [5, 5.41) is 6.00. The Balaban J connectivity index is 1.69. The lowest BCUT2D eigenvalue weighted by Gasteiger charge is -2.12. The van der Waals surface area contributed by atoms with E-state index >= 15 is 0 Å². The van der Waals surface area contributed by atoms with Crippen LogP contribution in [0.1, 0.15) is 26.3 Å². The van der Waals surface area contributed by atoms with Gasteiger partial charge in [0.15, 0.2) is 5.13 Å². The van der Waals surface area contributed by atoms with Gasteiger partial charge >= 0.3 is 0 Å². The zero-order valence-electron chi connectivity index (χ0n) is 16.7. The molecule has 1 aromatic carbocycles. The van der Waals surface area contributed by atoms with Gasteiger partial charge in [-0.1, -0.05) is 17.4 Å². The standard InChI is InChI=1S/C21H20N4O3S2/c1-4-22-20-24-15-8-13(9-16(18(15)30-20)28-11(2)3)14-6-5-12(10-23-14)7-17-19(26)25-21(27)29-17/h5-11H,4H2,1-3H3,(H,22,24)(H,25,26,27). The molecule has 2 N–H and O–H groups in total. The number of thiazole rings is 1. The number of rotatable bonds is 6. The zero-order valence-corrected chi connectivity index (χ0v) is 18.3. The van der Waals surface area contributed by atoms with Gasteiger partial charge in [0.2, 0.25) is 0 Å². The van der Waals surface area contributed by atoms with Crippen molar-refractivity contribution in [2.45, 2.75) is 26.9 Å².